The van der Waals surface area contributed by atoms with E-state index < -0.39 is 61.0 Å². The van der Waals surface area contributed by atoms with E-state index in [4.69, 9.17) is 24.7 Å². The lowest BCUT2D eigenvalue weighted by molar-refractivity contribution is -0.168. The van der Waals surface area contributed by atoms with Gasteiger partial charge in [-0.3, -0.25) is 23.7 Å². The molecule has 2 aromatic heterocycles. The van der Waals surface area contributed by atoms with Crippen molar-refractivity contribution in [3.05, 3.63) is 91.8 Å². The molecule has 214 valence electrons. The molecule has 17 heteroatoms. The molecule has 0 aliphatic carbocycles. The second-order valence-electron chi connectivity index (χ2n) is 8.67. The smallest absolute Gasteiger partial charge is 0.351 e. The van der Waals surface area contributed by atoms with Crippen molar-refractivity contribution in [1.82, 2.24) is 14.5 Å². The number of anilines is 1. The summed E-state index contributed by atoms with van der Waals surface area (Å²) >= 11 is 0.501. The molecule has 1 aliphatic heterocycles. The Kier molecular flexibility index (Phi) is 7.86. The topological polar surface area (TPSA) is 222 Å². The number of nitrogens with two attached hydrogens (primary N) is 1. The van der Waals surface area contributed by atoms with Gasteiger partial charge in [0.05, 0.1) is 11.1 Å². The number of fused-ring (bicyclic) bond motifs is 1. The number of aromatic nitrogens is 3. The molecule has 5 rings (SSSR count). The molecule has 2 aromatic carbocycles. The monoisotopic (exact) mass is 604 g/mol. The Morgan fingerprint density at radius 1 is 1.00 bits per heavy atom. The third-order valence-corrected chi connectivity index (χ3v) is 7.23. The van der Waals surface area contributed by atoms with Crippen molar-refractivity contribution >= 4 is 47.2 Å². The number of aromatic amines is 1. The summed E-state index contributed by atoms with van der Waals surface area (Å²) in [5.41, 5.74) is 4.94. The number of H-pyrrole nitrogens is 1. The van der Waals surface area contributed by atoms with Crippen LogP contribution >= 0.6 is 18.9 Å². The van der Waals surface area contributed by atoms with Crippen molar-refractivity contribution in [2.45, 2.75) is 24.7 Å². The number of nitrogens with zero attached hydrogens (tertiary/aromatic N) is 2. The molecule has 1 saturated heterocycles. The Hall–Kier alpha value is -4.18. The molecule has 4 aromatic rings. The fraction of sp³-hybridized carbons (Fsp3) is 0.208. The highest BCUT2D eigenvalue weighted by atomic mass is 32.1. The van der Waals surface area contributed by atoms with Crippen LogP contribution in [0.15, 0.2) is 70.3 Å². The van der Waals surface area contributed by atoms with Crippen LogP contribution in [-0.2, 0) is 23.5 Å². The number of rotatable bonds is 8. The number of hydrogen-bond donors (Lipinski definition) is 4. The van der Waals surface area contributed by atoms with Gasteiger partial charge in [0.25, 0.3) is 5.56 Å². The van der Waals surface area contributed by atoms with Gasteiger partial charge >= 0.3 is 24.4 Å². The molecule has 5 N–H and O–H groups in total. The van der Waals surface area contributed by atoms with Crippen molar-refractivity contribution in [3.8, 4) is 0 Å². The van der Waals surface area contributed by atoms with Crippen molar-refractivity contribution in [2.24, 2.45) is 0 Å². The highest BCUT2D eigenvalue weighted by molar-refractivity contribution is 7.51. The first-order chi connectivity index (χ1) is 19.5. The SMILES string of the molecule is Nc1nc2c(sc(=O)n2[C@@H]2O[C@H](OCP(=O)(O)O)[C@@H](OC(=O)c3ccccc3)[C@H]2OC(=O)c2ccccc2)c(=O)[nH]1. The second-order valence-corrected chi connectivity index (χ2v) is 11.2. The van der Waals surface area contributed by atoms with Crippen molar-refractivity contribution in [2.75, 3.05) is 12.1 Å². The molecular weight excluding hydrogens is 583 g/mol. The van der Waals surface area contributed by atoms with E-state index in [-0.39, 0.29) is 27.4 Å². The average molecular weight is 604 g/mol. The van der Waals surface area contributed by atoms with Crippen LogP contribution in [0.3, 0.4) is 0 Å². The molecule has 0 amide bonds. The summed E-state index contributed by atoms with van der Waals surface area (Å²) < 4.78 is 34.8. The van der Waals surface area contributed by atoms with Gasteiger partial charge in [-0.25, -0.2) is 9.59 Å². The zero-order valence-corrected chi connectivity index (χ0v) is 22.4. The maximum atomic E-state index is 13.1. The first-order valence-corrected chi connectivity index (χ1v) is 14.4. The van der Waals surface area contributed by atoms with E-state index >= 15 is 0 Å². The summed E-state index contributed by atoms with van der Waals surface area (Å²) in [5, 5.41) is 0. The number of nitrogens with one attached hydrogen (secondary N) is 1. The minimum absolute atomic E-state index is 0.0944. The lowest BCUT2D eigenvalue weighted by Gasteiger charge is -2.24. The maximum Gasteiger partial charge on any atom is 0.351 e. The predicted molar refractivity (Wildman–Crippen MR) is 142 cm³/mol. The number of nitrogen functional groups attached to an aromatic ring is 1. The van der Waals surface area contributed by atoms with Crippen molar-refractivity contribution < 1.29 is 42.9 Å². The third-order valence-electron chi connectivity index (χ3n) is 5.80. The third kappa shape index (κ3) is 6.12. The number of ether oxygens (including phenoxy) is 4. The summed E-state index contributed by atoms with van der Waals surface area (Å²) in [5.74, 6) is -2.14. The number of hydrogen-bond acceptors (Lipinski definition) is 12. The van der Waals surface area contributed by atoms with Gasteiger partial charge in [-0.2, -0.15) is 4.98 Å². The lowest BCUT2D eigenvalue weighted by atomic mass is 10.1. The first kappa shape index (κ1) is 28.4. The van der Waals surface area contributed by atoms with Crippen LogP contribution < -0.4 is 16.2 Å². The van der Waals surface area contributed by atoms with Gasteiger partial charge in [0.15, 0.2) is 30.4 Å². The van der Waals surface area contributed by atoms with Crippen LogP contribution in [0.1, 0.15) is 26.9 Å². The Labute approximate surface area is 233 Å². The van der Waals surface area contributed by atoms with E-state index in [1.807, 2.05) is 0 Å². The zero-order valence-electron chi connectivity index (χ0n) is 20.7. The largest absolute Gasteiger partial charge is 0.450 e. The van der Waals surface area contributed by atoms with Gasteiger partial charge < -0.3 is 34.5 Å². The molecule has 0 bridgehead atoms. The Bertz CT molecular complexity index is 1750. The van der Waals surface area contributed by atoms with E-state index in [2.05, 4.69) is 9.97 Å². The maximum absolute atomic E-state index is 13.1. The first-order valence-electron chi connectivity index (χ1n) is 11.8. The predicted octanol–water partition coefficient (Wildman–Crippen LogP) is 1.19. The van der Waals surface area contributed by atoms with Crippen molar-refractivity contribution in [3.63, 3.8) is 0 Å². The van der Waals surface area contributed by atoms with Crippen molar-refractivity contribution in [1.29, 1.82) is 0 Å². The van der Waals surface area contributed by atoms with Gasteiger partial charge in [0.2, 0.25) is 12.2 Å². The van der Waals surface area contributed by atoms with Crippen LogP contribution in [0, 0.1) is 0 Å². The van der Waals surface area contributed by atoms with Crippen LogP contribution in [0.4, 0.5) is 5.95 Å². The minimum atomic E-state index is -4.76. The van der Waals surface area contributed by atoms with Crippen LogP contribution in [0.5, 0.6) is 0 Å². The highest BCUT2D eigenvalue weighted by Crippen LogP contribution is 2.40. The Morgan fingerprint density at radius 3 is 2.12 bits per heavy atom. The molecule has 15 nitrogen and oxygen atoms in total. The van der Waals surface area contributed by atoms with Gasteiger partial charge in [-0.1, -0.05) is 47.7 Å². The zero-order chi connectivity index (χ0) is 29.3. The summed E-state index contributed by atoms with van der Waals surface area (Å²) in [6, 6.07) is 15.4. The molecular formula is C24H21N4O11PS. The molecule has 1 aliphatic rings. The molecule has 0 spiro atoms. The van der Waals surface area contributed by atoms with Gasteiger partial charge in [0.1, 0.15) is 4.70 Å². The Balaban J connectivity index is 1.61. The van der Waals surface area contributed by atoms with E-state index in [0.29, 0.717) is 11.3 Å². The van der Waals surface area contributed by atoms with Crippen LogP contribution in [0.25, 0.3) is 10.3 Å². The summed E-state index contributed by atoms with van der Waals surface area (Å²) in [7, 11) is -4.76. The number of carbonyl (C=O) groups is 2. The molecule has 0 saturated carbocycles. The van der Waals surface area contributed by atoms with Crippen LogP contribution in [0.2, 0.25) is 0 Å². The quantitative estimate of drug-likeness (QED) is 0.164. The molecule has 0 unspecified atom stereocenters. The summed E-state index contributed by atoms with van der Waals surface area (Å²) in [4.78, 5) is 76.1. The molecule has 1 fully saturated rings. The average Bonchev–Trinajstić information content (AvgIpc) is 3.44. The van der Waals surface area contributed by atoms with Gasteiger partial charge in [-0.15, -0.1) is 0 Å². The number of carbonyl (C=O) groups excluding carboxylic acids is 2. The molecule has 0 radical (unpaired) electrons. The van der Waals surface area contributed by atoms with Crippen LogP contribution in [-0.4, -0.2) is 61.1 Å². The van der Waals surface area contributed by atoms with E-state index in [1.54, 1.807) is 36.4 Å². The number of thiazole rings is 1. The standard InChI is InChI=1S/C24H21N4O11PS/c25-23-26-17-16(18(29)27-23)41-24(32)28(17)19-14(37-20(30)12-7-3-1-4-8-12)15(22(39-19)36-11-40(33,34)35)38-21(31)13-9-5-2-6-10-13/h1-10,14-15,19,22H,11H2,(H2,33,34,35)(H3,25,26,27,29)/t14-,15+,19-,22+/m1/s1. The molecule has 4 atom stereocenters. The molecule has 41 heavy (non-hydrogen) atoms. The van der Waals surface area contributed by atoms with E-state index in [1.165, 1.54) is 24.3 Å². The number of benzene rings is 2. The van der Waals surface area contributed by atoms with Gasteiger partial charge in [-0.05, 0) is 24.3 Å². The van der Waals surface area contributed by atoms with Gasteiger partial charge in [0, 0.05) is 0 Å². The Morgan fingerprint density at radius 2 is 1.56 bits per heavy atom. The summed E-state index contributed by atoms with van der Waals surface area (Å²) in [6.07, 6.45) is -7.81. The minimum Gasteiger partial charge on any atom is -0.450 e. The lowest BCUT2D eigenvalue weighted by Crippen LogP contribution is -2.41. The molecule has 3 heterocycles. The fourth-order valence-corrected chi connectivity index (χ4v) is 5.26. The van der Waals surface area contributed by atoms with E-state index in [0.717, 1.165) is 4.57 Å². The van der Waals surface area contributed by atoms with E-state index in [9.17, 15) is 33.5 Å². The second kappa shape index (κ2) is 11.4. The normalized spacial score (nSPS) is 20.6. The number of esters is 2. The summed E-state index contributed by atoms with van der Waals surface area (Å²) in [6.45, 7) is 0. The fourth-order valence-electron chi connectivity index (χ4n) is 4.07. The highest BCUT2D eigenvalue weighted by Gasteiger charge is 2.53.